The van der Waals surface area contributed by atoms with Crippen molar-refractivity contribution in [3.63, 3.8) is 0 Å². The number of aromatic nitrogens is 1. The molecule has 0 aliphatic carbocycles. The van der Waals surface area contributed by atoms with E-state index in [0.717, 1.165) is 5.56 Å². The van der Waals surface area contributed by atoms with Crippen LogP contribution >= 0.6 is 11.6 Å². The van der Waals surface area contributed by atoms with Crippen molar-refractivity contribution in [3.8, 4) is 0 Å². The lowest BCUT2D eigenvalue weighted by molar-refractivity contribution is 0.0695. The Morgan fingerprint density at radius 1 is 1.15 bits per heavy atom. The lowest BCUT2D eigenvalue weighted by atomic mass is 10.1. The number of nitrogens with zero attached hydrogens (tertiary/aromatic N) is 3. The Hall–Kier alpha value is -1.90. The number of carbonyl (C=O) groups is 1. The van der Waals surface area contributed by atoms with Crippen LogP contribution in [0.5, 0.6) is 0 Å². The Kier molecular flexibility index (Phi) is 5.09. The fourth-order valence-electron chi connectivity index (χ4n) is 2.96. The maximum absolute atomic E-state index is 12.8. The molecule has 1 aromatic heterocycles. The topological polar surface area (TPSA) is 83.7 Å². The molecule has 1 amide bonds. The maximum Gasteiger partial charge on any atom is 0.259 e. The van der Waals surface area contributed by atoms with E-state index in [4.69, 9.17) is 16.1 Å². The lowest BCUT2D eigenvalue weighted by Gasteiger charge is -2.34. The summed E-state index contributed by atoms with van der Waals surface area (Å²) in [4.78, 5) is 14.4. The van der Waals surface area contributed by atoms with Gasteiger partial charge in [-0.15, -0.1) is 0 Å². The number of sulfonamides is 1. The average Bonchev–Trinajstić information content (AvgIpc) is 2.95. The Labute approximate surface area is 157 Å². The molecule has 0 saturated carbocycles. The third-order valence-corrected chi connectivity index (χ3v) is 6.86. The maximum atomic E-state index is 12.8. The van der Waals surface area contributed by atoms with Crippen molar-refractivity contribution in [2.24, 2.45) is 0 Å². The van der Waals surface area contributed by atoms with Crippen LogP contribution in [0.25, 0.3) is 0 Å². The summed E-state index contributed by atoms with van der Waals surface area (Å²) < 4.78 is 32.0. The highest BCUT2D eigenvalue weighted by atomic mass is 35.5. The molecule has 1 saturated heterocycles. The van der Waals surface area contributed by atoms with Gasteiger partial charge in [-0.25, -0.2) is 8.42 Å². The number of amides is 1. The molecular formula is C17H20ClN3O4S. The first-order valence-electron chi connectivity index (χ1n) is 8.20. The van der Waals surface area contributed by atoms with Gasteiger partial charge in [0, 0.05) is 31.2 Å². The van der Waals surface area contributed by atoms with Gasteiger partial charge >= 0.3 is 0 Å². The van der Waals surface area contributed by atoms with E-state index in [9.17, 15) is 13.2 Å². The minimum atomic E-state index is -3.64. The van der Waals surface area contributed by atoms with Crippen LogP contribution in [0.2, 0.25) is 5.02 Å². The van der Waals surface area contributed by atoms with E-state index in [2.05, 4.69) is 5.16 Å². The number of piperazine rings is 1. The number of hydrogen-bond acceptors (Lipinski definition) is 5. The summed E-state index contributed by atoms with van der Waals surface area (Å²) in [5, 5.41) is 4.22. The first kappa shape index (κ1) is 18.9. The molecule has 2 aromatic rings. The van der Waals surface area contributed by atoms with E-state index < -0.39 is 10.0 Å². The van der Waals surface area contributed by atoms with Crippen LogP contribution in [0, 0.1) is 20.8 Å². The largest absolute Gasteiger partial charge is 0.361 e. The highest BCUT2D eigenvalue weighted by molar-refractivity contribution is 7.89. The zero-order chi connectivity index (χ0) is 19.1. The van der Waals surface area contributed by atoms with Crippen molar-refractivity contribution < 1.29 is 17.7 Å². The fourth-order valence-corrected chi connectivity index (χ4v) is 4.66. The molecule has 0 N–H and O–H groups in total. The molecule has 3 rings (SSSR count). The summed E-state index contributed by atoms with van der Waals surface area (Å²) in [5.41, 5.74) is 1.81. The van der Waals surface area contributed by atoms with Gasteiger partial charge in [0.25, 0.3) is 5.91 Å². The van der Waals surface area contributed by atoms with E-state index in [1.54, 1.807) is 30.9 Å². The van der Waals surface area contributed by atoms with Crippen LogP contribution in [-0.2, 0) is 10.0 Å². The standard InChI is InChI=1S/C17H20ClN3O4S/c1-11-4-5-14(10-15(11)18)26(23,24)21-8-6-20(7-9-21)17(22)16-12(2)19-25-13(16)3/h4-5,10H,6-9H2,1-3H3. The molecule has 9 heteroatoms. The molecule has 140 valence electrons. The first-order chi connectivity index (χ1) is 12.2. The number of carbonyl (C=O) groups excluding carboxylic acids is 1. The van der Waals surface area contributed by atoms with Gasteiger partial charge in [-0.3, -0.25) is 4.79 Å². The Balaban J connectivity index is 1.73. The molecule has 0 spiro atoms. The Bertz CT molecular complexity index is 927. The third kappa shape index (κ3) is 3.36. The van der Waals surface area contributed by atoms with E-state index >= 15 is 0 Å². The number of aryl methyl sites for hydroxylation is 3. The van der Waals surface area contributed by atoms with Gasteiger partial charge in [0.05, 0.1) is 10.6 Å². The molecular weight excluding hydrogens is 378 g/mol. The Morgan fingerprint density at radius 2 is 1.81 bits per heavy atom. The van der Waals surface area contributed by atoms with Crippen LogP contribution < -0.4 is 0 Å². The normalized spacial score (nSPS) is 16.1. The Morgan fingerprint density at radius 3 is 2.35 bits per heavy atom. The second-order valence-electron chi connectivity index (χ2n) is 6.31. The summed E-state index contributed by atoms with van der Waals surface area (Å²) in [6, 6.07) is 4.71. The van der Waals surface area contributed by atoms with Gasteiger partial charge < -0.3 is 9.42 Å². The van der Waals surface area contributed by atoms with E-state index in [1.807, 2.05) is 6.92 Å². The molecule has 1 aliphatic rings. The molecule has 26 heavy (non-hydrogen) atoms. The second-order valence-corrected chi connectivity index (χ2v) is 8.65. The number of hydrogen-bond donors (Lipinski definition) is 0. The first-order valence-corrected chi connectivity index (χ1v) is 10.0. The highest BCUT2D eigenvalue weighted by Crippen LogP contribution is 2.24. The zero-order valence-electron chi connectivity index (χ0n) is 14.8. The molecule has 0 unspecified atom stereocenters. The quantitative estimate of drug-likeness (QED) is 0.794. The summed E-state index contributed by atoms with van der Waals surface area (Å²) >= 11 is 6.06. The molecule has 7 nitrogen and oxygen atoms in total. The van der Waals surface area contributed by atoms with Crippen LogP contribution in [0.15, 0.2) is 27.6 Å². The fraction of sp³-hybridized carbons (Fsp3) is 0.412. The number of rotatable bonds is 3. The van der Waals surface area contributed by atoms with E-state index in [0.29, 0.717) is 35.1 Å². The van der Waals surface area contributed by atoms with E-state index in [1.165, 1.54) is 10.4 Å². The minimum Gasteiger partial charge on any atom is -0.361 e. The average molecular weight is 398 g/mol. The molecule has 0 radical (unpaired) electrons. The predicted molar refractivity (Wildman–Crippen MR) is 96.8 cm³/mol. The summed E-state index contributed by atoms with van der Waals surface area (Å²) in [6.07, 6.45) is 0. The van der Waals surface area contributed by atoms with Gasteiger partial charge in [0.1, 0.15) is 11.3 Å². The second kappa shape index (κ2) is 7.02. The van der Waals surface area contributed by atoms with Crippen LogP contribution in [0.4, 0.5) is 0 Å². The smallest absolute Gasteiger partial charge is 0.259 e. The van der Waals surface area contributed by atoms with Gasteiger partial charge in [-0.2, -0.15) is 4.31 Å². The number of benzene rings is 1. The van der Waals surface area contributed by atoms with Crippen LogP contribution in [0.3, 0.4) is 0 Å². The van der Waals surface area contributed by atoms with Gasteiger partial charge in [0.15, 0.2) is 0 Å². The molecule has 2 heterocycles. The summed E-state index contributed by atoms with van der Waals surface area (Å²) in [5.74, 6) is 0.286. The van der Waals surface area contributed by atoms with Crippen molar-refractivity contribution >= 4 is 27.5 Å². The van der Waals surface area contributed by atoms with Gasteiger partial charge in [0.2, 0.25) is 10.0 Å². The van der Waals surface area contributed by atoms with Crippen LogP contribution in [0.1, 0.15) is 27.4 Å². The third-order valence-electron chi connectivity index (χ3n) is 4.55. The van der Waals surface area contributed by atoms with Gasteiger partial charge in [-0.1, -0.05) is 22.8 Å². The highest BCUT2D eigenvalue weighted by Gasteiger charge is 2.32. The SMILES string of the molecule is Cc1ccc(S(=O)(=O)N2CCN(C(=O)c3c(C)noc3C)CC2)cc1Cl. The number of halogens is 1. The molecule has 0 bridgehead atoms. The van der Waals surface area contributed by atoms with Gasteiger partial charge in [-0.05, 0) is 38.5 Å². The van der Waals surface area contributed by atoms with E-state index in [-0.39, 0.29) is 23.9 Å². The zero-order valence-corrected chi connectivity index (χ0v) is 16.4. The van der Waals surface area contributed by atoms with Crippen molar-refractivity contribution in [1.82, 2.24) is 14.4 Å². The lowest BCUT2D eigenvalue weighted by Crippen LogP contribution is -2.50. The van der Waals surface area contributed by atoms with Crippen LogP contribution in [-0.4, -0.2) is 54.9 Å². The monoisotopic (exact) mass is 397 g/mol. The summed E-state index contributed by atoms with van der Waals surface area (Å²) in [7, 11) is -3.64. The molecule has 1 fully saturated rings. The predicted octanol–water partition coefficient (Wildman–Crippen LogP) is 2.40. The van der Waals surface area contributed by atoms with Crippen molar-refractivity contribution in [1.29, 1.82) is 0 Å². The molecule has 1 aromatic carbocycles. The minimum absolute atomic E-state index is 0.165. The summed E-state index contributed by atoms with van der Waals surface area (Å²) in [6.45, 7) is 6.29. The molecule has 0 atom stereocenters. The van der Waals surface area contributed by atoms with Crippen molar-refractivity contribution in [2.45, 2.75) is 25.7 Å². The molecule has 1 aliphatic heterocycles. The van der Waals surface area contributed by atoms with Crippen molar-refractivity contribution in [2.75, 3.05) is 26.2 Å². The van der Waals surface area contributed by atoms with Crippen molar-refractivity contribution in [3.05, 3.63) is 45.8 Å².